The highest BCUT2D eigenvalue weighted by molar-refractivity contribution is 5.94. The molecule has 0 aliphatic carbocycles. The molecule has 23 heavy (non-hydrogen) atoms. The summed E-state index contributed by atoms with van der Waals surface area (Å²) in [5.41, 5.74) is 1.86. The fourth-order valence-electron chi connectivity index (χ4n) is 4.15. The van der Waals surface area contributed by atoms with Gasteiger partial charge in [-0.1, -0.05) is 12.1 Å². The van der Waals surface area contributed by atoms with Crippen LogP contribution in [-0.2, 0) is 0 Å². The third-order valence-electron chi connectivity index (χ3n) is 5.22. The first-order chi connectivity index (χ1) is 11.2. The first-order valence-electron chi connectivity index (χ1n) is 8.20. The second kappa shape index (κ2) is 5.76. The van der Waals surface area contributed by atoms with Crippen molar-refractivity contribution in [3.8, 4) is 0 Å². The van der Waals surface area contributed by atoms with Crippen molar-refractivity contribution >= 4 is 5.91 Å². The minimum Gasteiger partial charge on any atom is -0.333 e. The van der Waals surface area contributed by atoms with Gasteiger partial charge in [-0.25, -0.2) is 4.39 Å². The standard InChI is InChI=1S/C19H19FN2O/c20-16-5-3-13(4-6-16)15-10-17-7-8-18(11-15)22(17)19(23)14-2-1-9-21-12-14/h1-6,9,12,15,17-18H,7-8,10-11H2/t17-,18-/m0/s1. The van der Waals surface area contributed by atoms with Gasteiger partial charge in [0, 0.05) is 24.5 Å². The lowest BCUT2D eigenvalue weighted by atomic mass is 9.85. The molecular weight excluding hydrogens is 291 g/mol. The van der Waals surface area contributed by atoms with Crippen LogP contribution in [0.1, 0.15) is 47.5 Å². The van der Waals surface area contributed by atoms with Crippen LogP contribution in [0.2, 0.25) is 0 Å². The topological polar surface area (TPSA) is 33.2 Å². The molecule has 0 radical (unpaired) electrons. The predicted molar refractivity (Wildman–Crippen MR) is 85.6 cm³/mol. The van der Waals surface area contributed by atoms with Gasteiger partial charge in [0.05, 0.1) is 5.56 Å². The monoisotopic (exact) mass is 310 g/mol. The van der Waals surface area contributed by atoms with Crippen LogP contribution < -0.4 is 0 Å². The van der Waals surface area contributed by atoms with Gasteiger partial charge in [-0.15, -0.1) is 0 Å². The lowest BCUT2D eigenvalue weighted by molar-refractivity contribution is 0.0571. The zero-order chi connectivity index (χ0) is 15.8. The molecule has 1 aromatic heterocycles. The zero-order valence-corrected chi connectivity index (χ0v) is 12.9. The molecule has 1 amide bonds. The molecule has 4 heteroatoms. The SMILES string of the molecule is O=C(c1cccnc1)N1[C@H]2CC[C@H]1CC(c1ccc(F)cc1)C2. The van der Waals surface area contributed by atoms with Gasteiger partial charge < -0.3 is 4.90 Å². The van der Waals surface area contributed by atoms with Gasteiger partial charge in [-0.3, -0.25) is 9.78 Å². The van der Waals surface area contributed by atoms with E-state index in [0.717, 1.165) is 25.7 Å². The van der Waals surface area contributed by atoms with E-state index >= 15 is 0 Å². The molecule has 2 bridgehead atoms. The Balaban J connectivity index is 1.54. The van der Waals surface area contributed by atoms with Gasteiger partial charge in [0.25, 0.3) is 5.91 Å². The second-order valence-electron chi connectivity index (χ2n) is 6.56. The third kappa shape index (κ3) is 2.62. The minimum atomic E-state index is -0.194. The van der Waals surface area contributed by atoms with Crippen molar-refractivity contribution in [1.82, 2.24) is 9.88 Å². The number of hydrogen-bond acceptors (Lipinski definition) is 2. The lowest BCUT2D eigenvalue weighted by Gasteiger charge is -2.39. The smallest absolute Gasteiger partial charge is 0.255 e. The van der Waals surface area contributed by atoms with E-state index in [1.54, 1.807) is 18.5 Å². The average molecular weight is 310 g/mol. The van der Waals surface area contributed by atoms with Crippen molar-refractivity contribution in [1.29, 1.82) is 0 Å². The van der Waals surface area contributed by atoms with Crippen molar-refractivity contribution < 1.29 is 9.18 Å². The van der Waals surface area contributed by atoms with Gasteiger partial charge in [-0.2, -0.15) is 0 Å². The van der Waals surface area contributed by atoms with Crippen LogP contribution in [0.15, 0.2) is 48.8 Å². The van der Waals surface area contributed by atoms with Gasteiger partial charge in [0.2, 0.25) is 0 Å². The number of rotatable bonds is 2. The number of piperidine rings is 1. The summed E-state index contributed by atoms with van der Waals surface area (Å²) in [5, 5.41) is 0. The van der Waals surface area contributed by atoms with Gasteiger partial charge in [0.15, 0.2) is 0 Å². The second-order valence-corrected chi connectivity index (χ2v) is 6.56. The number of carbonyl (C=O) groups excluding carboxylic acids is 1. The van der Waals surface area contributed by atoms with Crippen molar-refractivity contribution in [2.45, 2.75) is 43.7 Å². The van der Waals surface area contributed by atoms with E-state index in [9.17, 15) is 9.18 Å². The molecule has 118 valence electrons. The summed E-state index contributed by atoms with van der Waals surface area (Å²) in [6.45, 7) is 0. The Hall–Kier alpha value is -2.23. The highest BCUT2D eigenvalue weighted by atomic mass is 19.1. The van der Waals surface area contributed by atoms with E-state index < -0.39 is 0 Å². The maximum atomic E-state index is 13.1. The molecule has 0 N–H and O–H groups in total. The predicted octanol–water partition coefficient (Wildman–Crippen LogP) is 3.77. The van der Waals surface area contributed by atoms with Crippen LogP contribution in [0.4, 0.5) is 4.39 Å². The van der Waals surface area contributed by atoms with Crippen LogP contribution in [0.25, 0.3) is 0 Å². The van der Waals surface area contributed by atoms with Crippen LogP contribution >= 0.6 is 0 Å². The largest absolute Gasteiger partial charge is 0.333 e. The molecule has 2 saturated heterocycles. The molecule has 0 spiro atoms. The fraction of sp³-hybridized carbons (Fsp3) is 0.368. The normalized spacial score (nSPS) is 26.3. The summed E-state index contributed by atoms with van der Waals surface area (Å²) < 4.78 is 13.1. The van der Waals surface area contributed by atoms with E-state index in [4.69, 9.17) is 0 Å². The molecule has 3 nitrogen and oxygen atoms in total. The number of nitrogens with zero attached hydrogens (tertiary/aromatic N) is 2. The van der Waals surface area contributed by atoms with Crippen LogP contribution in [0.3, 0.4) is 0 Å². The van der Waals surface area contributed by atoms with Gasteiger partial charge in [0.1, 0.15) is 5.82 Å². The first kappa shape index (κ1) is 14.4. The van der Waals surface area contributed by atoms with E-state index in [0.29, 0.717) is 11.5 Å². The van der Waals surface area contributed by atoms with E-state index in [2.05, 4.69) is 9.88 Å². The van der Waals surface area contributed by atoms with Crippen LogP contribution in [-0.4, -0.2) is 27.9 Å². The Labute approximate surface area is 135 Å². The van der Waals surface area contributed by atoms with Crippen LogP contribution in [0.5, 0.6) is 0 Å². The summed E-state index contributed by atoms with van der Waals surface area (Å²) >= 11 is 0. The average Bonchev–Trinajstić information content (AvgIpc) is 2.85. The number of benzene rings is 1. The Morgan fingerprint density at radius 2 is 1.78 bits per heavy atom. The highest BCUT2D eigenvalue weighted by Gasteiger charge is 2.43. The molecule has 1 aromatic carbocycles. The number of aromatic nitrogens is 1. The number of halogens is 1. The molecule has 2 fully saturated rings. The summed E-state index contributed by atoms with van der Waals surface area (Å²) in [4.78, 5) is 18.9. The van der Waals surface area contributed by atoms with Crippen molar-refractivity contribution in [3.05, 3.63) is 65.7 Å². The van der Waals surface area contributed by atoms with Crippen molar-refractivity contribution in [2.24, 2.45) is 0 Å². The summed E-state index contributed by atoms with van der Waals surface area (Å²) in [6, 6.07) is 11.1. The van der Waals surface area contributed by atoms with Crippen molar-refractivity contribution in [2.75, 3.05) is 0 Å². The van der Waals surface area contributed by atoms with Crippen LogP contribution in [0, 0.1) is 5.82 Å². The molecule has 2 aromatic rings. The molecule has 0 unspecified atom stereocenters. The molecule has 4 rings (SSSR count). The Kier molecular flexibility index (Phi) is 3.60. The van der Waals surface area contributed by atoms with E-state index in [1.807, 2.05) is 18.2 Å². The number of carbonyl (C=O) groups is 1. The molecule has 2 aliphatic heterocycles. The zero-order valence-electron chi connectivity index (χ0n) is 12.9. The Morgan fingerprint density at radius 3 is 2.39 bits per heavy atom. The summed E-state index contributed by atoms with van der Waals surface area (Å²) in [5.74, 6) is 0.329. The molecule has 3 heterocycles. The Bertz CT molecular complexity index is 687. The number of hydrogen-bond donors (Lipinski definition) is 0. The minimum absolute atomic E-state index is 0.100. The third-order valence-corrected chi connectivity index (χ3v) is 5.22. The maximum absolute atomic E-state index is 13.1. The summed E-state index contributed by atoms with van der Waals surface area (Å²) in [7, 11) is 0. The summed E-state index contributed by atoms with van der Waals surface area (Å²) in [6.07, 6.45) is 7.39. The molecule has 2 aliphatic rings. The number of amides is 1. The maximum Gasteiger partial charge on any atom is 0.255 e. The van der Waals surface area contributed by atoms with Gasteiger partial charge in [-0.05, 0) is 61.4 Å². The highest BCUT2D eigenvalue weighted by Crippen LogP contribution is 2.43. The Morgan fingerprint density at radius 1 is 1.09 bits per heavy atom. The number of pyridine rings is 1. The fourth-order valence-corrected chi connectivity index (χ4v) is 4.15. The first-order valence-corrected chi connectivity index (χ1v) is 8.20. The van der Waals surface area contributed by atoms with E-state index in [1.165, 1.54) is 17.7 Å². The number of fused-ring (bicyclic) bond motifs is 2. The molecule has 2 atom stereocenters. The van der Waals surface area contributed by atoms with E-state index in [-0.39, 0.29) is 23.8 Å². The van der Waals surface area contributed by atoms with Crippen molar-refractivity contribution in [3.63, 3.8) is 0 Å². The lowest BCUT2D eigenvalue weighted by Crippen LogP contribution is -2.46. The molecule has 0 saturated carbocycles. The quantitative estimate of drug-likeness (QED) is 0.846. The van der Waals surface area contributed by atoms with Gasteiger partial charge >= 0.3 is 0 Å². The molecular formula is C19H19FN2O.